The van der Waals surface area contributed by atoms with Gasteiger partial charge in [-0.3, -0.25) is 4.79 Å². The van der Waals surface area contributed by atoms with Crippen molar-refractivity contribution >= 4 is 15.7 Å². The monoisotopic (exact) mass is 267 g/mol. The lowest BCUT2D eigenvalue weighted by Crippen LogP contribution is -2.30. The molecule has 0 saturated carbocycles. The summed E-state index contributed by atoms with van der Waals surface area (Å²) >= 11 is 0. The number of carbonyl (C=O) groups excluding carboxylic acids is 1. The number of benzene rings is 1. The summed E-state index contributed by atoms with van der Waals surface area (Å²) in [5.74, 6) is 0.491. The molecule has 1 saturated heterocycles. The highest BCUT2D eigenvalue weighted by atomic mass is 32.2. The van der Waals surface area contributed by atoms with E-state index in [2.05, 4.69) is 5.32 Å². The first-order chi connectivity index (χ1) is 8.55. The summed E-state index contributed by atoms with van der Waals surface area (Å²) in [7, 11) is -2.85. The molecule has 0 spiro atoms. The largest absolute Gasteiger partial charge is 0.356 e. The SMILES string of the molecule is O=C(Cc1ccccc1)NCC1CCS(=O)(=O)C1. The molecule has 98 valence electrons. The topological polar surface area (TPSA) is 63.2 Å². The molecule has 1 N–H and O–H groups in total. The molecular formula is C13H17NO3S. The van der Waals surface area contributed by atoms with Crippen LogP contribution in [0.5, 0.6) is 0 Å². The highest BCUT2D eigenvalue weighted by Gasteiger charge is 2.27. The van der Waals surface area contributed by atoms with Crippen LogP contribution in [0.15, 0.2) is 30.3 Å². The molecule has 1 amide bonds. The zero-order valence-electron chi connectivity index (χ0n) is 10.1. The maximum atomic E-state index is 11.7. The van der Waals surface area contributed by atoms with Gasteiger partial charge >= 0.3 is 0 Å². The Bertz CT molecular complexity index is 510. The predicted octanol–water partition coefficient (Wildman–Crippen LogP) is 0.780. The Balaban J connectivity index is 1.76. The maximum absolute atomic E-state index is 11.7. The summed E-state index contributed by atoms with van der Waals surface area (Å²) in [6, 6.07) is 9.50. The van der Waals surface area contributed by atoms with E-state index in [1.165, 1.54) is 0 Å². The van der Waals surface area contributed by atoms with Gasteiger partial charge in [0.2, 0.25) is 5.91 Å². The van der Waals surface area contributed by atoms with Crippen molar-refractivity contribution in [2.24, 2.45) is 5.92 Å². The first kappa shape index (κ1) is 13.1. The molecule has 1 fully saturated rings. The standard InChI is InChI=1S/C13H17NO3S/c15-13(8-11-4-2-1-3-5-11)14-9-12-6-7-18(16,17)10-12/h1-5,12H,6-10H2,(H,14,15). The molecule has 5 heteroatoms. The summed E-state index contributed by atoms with van der Waals surface area (Å²) in [4.78, 5) is 11.7. The van der Waals surface area contributed by atoms with Crippen LogP contribution in [-0.2, 0) is 21.1 Å². The third-order valence-corrected chi connectivity index (χ3v) is 4.96. The van der Waals surface area contributed by atoms with Gasteiger partial charge in [0.15, 0.2) is 9.84 Å². The molecule has 1 aromatic carbocycles. The van der Waals surface area contributed by atoms with Crippen molar-refractivity contribution in [2.45, 2.75) is 12.8 Å². The Labute approximate surface area is 107 Å². The predicted molar refractivity (Wildman–Crippen MR) is 69.9 cm³/mol. The molecule has 0 bridgehead atoms. The molecule has 1 aromatic rings. The molecule has 1 aliphatic heterocycles. The van der Waals surface area contributed by atoms with Crippen LogP contribution in [0.3, 0.4) is 0 Å². The van der Waals surface area contributed by atoms with Crippen molar-refractivity contribution in [3.05, 3.63) is 35.9 Å². The summed E-state index contributed by atoms with van der Waals surface area (Å²) in [5, 5.41) is 2.81. The van der Waals surface area contributed by atoms with Crippen molar-refractivity contribution in [3.8, 4) is 0 Å². The second kappa shape index (κ2) is 5.52. The first-order valence-electron chi connectivity index (χ1n) is 6.06. The smallest absolute Gasteiger partial charge is 0.224 e. The van der Waals surface area contributed by atoms with Crippen LogP contribution >= 0.6 is 0 Å². The molecule has 0 radical (unpaired) electrons. The molecule has 0 aromatic heterocycles. The normalized spacial score (nSPS) is 21.7. The number of rotatable bonds is 4. The van der Waals surface area contributed by atoms with Crippen LogP contribution in [0.2, 0.25) is 0 Å². The molecule has 2 rings (SSSR count). The Morgan fingerprint density at radius 2 is 2.00 bits per heavy atom. The van der Waals surface area contributed by atoms with E-state index < -0.39 is 9.84 Å². The van der Waals surface area contributed by atoms with Gasteiger partial charge in [0.25, 0.3) is 0 Å². The van der Waals surface area contributed by atoms with Gasteiger partial charge in [-0.05, 0) is 17.9 Å². The minimum atomic E-state index is -2.85. The number of carbonyl (C=O) groups is 1. The zero-order chi connectivity index (χ0) is 13.0. The Kier molecular flexibility index (Phi) is 4.01. The fourth-order valence-corrected chi connectivity index (χ4v) is 4.00. The molecule has 1 unspecified atom stereocenters. The van der Waals surface area contributed by atoms with E-state index in [4.69, 9.17) is 0 Å². The fourth-order valence-electron chi connectivity index (χ4n) is 2.13. The van der Waals surface area contributed by atoms with Crippen molar-refractivity contribution in [1.29, 1.82) is 0 Å². The minimum absolute atomic E-state index is 0.0505. The minimum Gasteiger partial charge on any atom is -0.356 e. The first-order valence-corrected chi connectivity index (χ1v) is 7.88. The van der Waals surface area contributed by atoms with Gasteiger partial charge in [-0.2, -0.15) is 0 Å². The van der Waals surface area contributed by atoms with E-state index in [0.717, 1.165) is 5.56 Å². The lowest BCUT2D eigenvalue weighted by atomic mass is 10.1. The molecule has 0 aliphatic carbocycles. The Hall–Kier alpha value is -1.36. The van der Waals surface area contributed by atoms with Crippen LogP contribution in [0, 0.1) is 5.92 Å². The van der Waals surface area contributed by atoms with E-state index in [9.17, 15) is 13.2 Å². The fraction of sp³-hybridized carbons (Fsp3) is 0.462. The van der Waals surface area contributed by atoms with Crippen LogP contribution in [0.4, 0.5) is 0 Å². The summed E-state index contributed by atoms with van der Waals surface area (Å²) in [5.41, 5.74) is 0.967. The number of sulfone groups is 1. The zero-order valence-corrected chi connectivity index (χ0v) is 10.9. The summed E-state index contributed by atoms with van der Waals surface area (Å²) in [6.07, 6.45) is 1.01. The summed E-state index contributed by atoms with van der Waals surface area (Å²) < 4.78 is 22.5. The van der Waals surface area contributed by atoms with Crippen LogP contribution in [0.1, 0.15) is 12.0 Å². The molecular weight excluding hydrogens is 250 g/mol. The Morgan fingerprint density at radius 1 is 1.28 bits per heavy atom. The van der Waals surface area contributed by atoms with E-state index >= 15 is 0 Å². The van der Waals surface area contributed by atoms with Gasteiger partial charge < -0.3 is 5.32 Å². The second-order valence-corrected chi connectivity index (χ2v) is 6.96. The quantitative estimate of drug-likeness (QED) is 0.877. The average Bonchev–Trinajstić information content (AvgIpc) is 2.68. The molecule has 1 atom stereocenters. The Morgan fingerprint density at radius 3 is 2.61 bits per heavy atom. The molecule has 4 nitrogen and oxygen atoms in total. The van der Waals surface area contributed by atoms with E-state index in [0.29, 0.717) is 19.4 Å². The number of hydrogen-bond acceptors (Lipinski definition) is 3. The van der Waals surface area contributed by atoms with Crippen molar-refractivity contribution < 1.29 is 13.2 Å². The van der Waals surface area contributed by atoms with Gasteiger partial charge in [0.1, 0.15) is 0 Å². The molecule has 1 aliphatic rings. The van der Waals surface area contributed by atoms with Crippen molar-refractivity contribution in [2.75, 3.05) is 18.1 Å². The highest BCUT2D eigenvalue weighted by Crippen LogP contribution is 2.17. The second-order valence-electron chi connectivity index (χ2n) is 4.74. The number of hydrogen-bond donors (Lipinski definition) is 1. The maximum Gasteiger partial charge on any atom is 0.224 e. The van der Waals surface area contributed by atoms with Crippen molar-refractivity contribution in [3.63, 3.8) is 0 Å². The lowest BCUT2D eigenvalue weighted by molar-refractivity contribution is -0.120. The highest BCUT2D eigenvalue weighted by molar-refractivity contribution is 7.91. The van der Waals surface area contributed by atoms with Gasteiger partial charge in [-0.25, -0.2) is 8.42 Å². The third-order valence-electron chi connectivity index (χ3n) is 3.12. The van der Waals surface area contributed by atoms with Gasteiger partial charge in [0, 0.05) is 6.54 Å². The number of nitrogens with one attached hydrogen (secondary N) is 1. The van der Waals surface area contributed by atoms with Crippen molar-refractivity contribution in [1.82, 2.24) is 5.32 Å². The molecule has 18 heavy (non-hydrogen) atoms. The van der Waals surface area contributed by atoms with Gasteiger partial charge in [-0.15, -0.1) is 0 Å². The molecule has 1 heterocycles. The van der Waals surface area contributed by atoms with Gasteiger partial charge in [-0.1, -0.05) is 30.3 Å². The van der Waals surface area contributed by atoms with Crippen LogP contribution in [-0.4, -0.2) is 32.4 Å². The van der Waals surface area contributed by atoms with Gasteiger partial charge in [0.05, 0.1) is 17.9 Å². The van der Waals surface area contributed by atoms with E-state index in [1.54, 1.807) is 0 Å². The van der Waals surface area contributed by atoms with Crippen LogP contribution in [0.25, 0.3) is 0 Å². The lowest BCUT2D eigenvalue weighted by Gasteiger charge is -2.09. The van der Waals surface area contributed by atoms with Crippen LogP contribution < -0.4 is 5.32 Å². The summed E-state index contributed by atoms with van der Waals surface area (Å²) in [6.45, 7) is 0.463. The third kappa shape index (κ3) is 3.84. The number of amides is 1. The van der Waals surface area contributed by atoms with E-state index in [-0.39, 0.29) is 23.3 Å². The average molecular weight is 267 g/mol. The van der Waals surface area contributed by atoms with E-state index in [1.807, 2.05) is 30.3 Å².